The minimum Gasteiger partial charge on any atom is -0.472 e. The molecule has 1 aliphatic rings. The van der Waals surface area contributed by atoms with Gasteiger partial charge >= 0.3 is 0 Å². The summed E-state index contributed by atoms with van der Waals surface area (Å²) in [5, 5.41) is 7.99. The van der Waals surface area contributed by atoms with Crippen molar-refractivity contribution in [1.29, 1.82) is 0 Å². The minimum absolute atomic E-state index is 0.00186. The third kappa shape index (κ3) is 5.02. The van der Waals surface area contributed by atoms with E-state index in [1.165, 1.54) is 12.5 Å². The Labute approximate surface area is 195 Å². The van der Waals surface area contributed by atoms with Crippen LogP contribution in [0.3, 0.4) is 0 Å². The molecule has 1 aliphatic heterocycles. The fraction of sp³-hybridized carbons (Fsp3) is 0.292. The van der Waals surface area contributed by atoms with Crippen LogP contribution in [-0.4, -0.2) is 38.7 Å². The van der Waals surface area contributed by atoms with E-state index in [0.29, 0.717) is 18.7 Å². The largest absolute Gasteiger partial charge is 0.472 e. The van der Waals surface area contributed by atoms with Crippen molar-refractivity contribution in [2.45, 2.75) is 26.3 Å². The number of furan rings is 1. The third-order valence-corrected chi connectivity index (χ3v) is 6.48. The number of pyridine rings is 1. The molecule has 4 rings (SSSR count). The zero-order valence-electron chi connectivity index (χ0n) is 18.0. The lowest BCUT2D eigenvalue weighted by atomic mass is 9.90. The molecule has 1 unspecified atom stereocenters. The van der Waals surface area contributed by atoms with Gasteiger partial charge < -0.3 is 14.6 Å². The highest BCUT2D eigenvalue weighted by atomic mass is 79.9. The molecule has 0 saturated carbocycles. The highest BCUT2D eigenvalue weighted by molar-refractivity contribution is 9.10. The highest BCUT2D eigenvalue weighted by Crippen LogP contribution is 2.27. The number of amides is 1. The van der Waals surface area contributed by atoms with Gasteiger partial charge in [-0.15, -0.1) is 0 Å². The highest BCUT2D eigenvalue weighted by Gasteiger charge is 2.26. The number of hydrogen-bond acceptors (Lipinski definition) is 5. The molecule has 1 atom stereocenters. The lowest BCUT2D eigenvalue weighted by Gasteiger charge is -2.33. The molecule has 1 fully saturated rings. The molecule has 4 heterocycles. The normalized spacial score (nSPS) is 16.8. The first-order valence-corrected chi connectivity index (χ1v) is 11.4. The van der Waals surface area contributed by atoms with Crippen LogP contribution in [0.1, 0.15) is 34.5 Å². The van der Waals surface area contributed by atoms with Crippen molar-refractivity contribution in [3.05, 3.63) is 88.8 Å². The van der Waals surface area contributed by atoms with Crippen molar-refractivity contribution in [3.63, 3.8) is 0 Å². The van der Waals surface area contributed by atoms with Crippen LogP contribution in [0.15, 0.2) is 76.4 Å². The predicted molar refractivity (Wildman–Crippen MR) is 126 cm³/mol. The molecule has 0 aliphatic carbocycles. The van der Waals surface area contributed by atoms with Crippen LogP contribution in [0.2, 0.25) is 0 Å². The Hall–Kier alpha value is -3.13. The number of likely N-dealkylation sites (tertiary alicyclic amines) is 1. The van der Waals surface area contributed by atoms with Gasteiger partial charge in [-0.1, -0.05) is 12.6 Å². The van der Waals surface area contributed by atoms with E-state index in [-0.39, 0.29) is 11.8 Å². The van der Waals surface area contributed by atoms with Crippen LogP contribution >= 0.6 is 15.9 Å². The average molecular weight is 496 g/mol. The van der Waals surface area contributed by atoms with Gasteiger partial charge in [-0.25, -0.2) is 4.68 Å². The number of rotatable bonds is 7. The Morgan fingerprint density at radius 2 is 2.28 bits per heavy atom. The maximum Gasteiger partial charge on any atom is 0.257 e. The molecule has 166 valence electrons. The number of aromatic nitrogens is 3. The number of carbonyl (C=O) groups excluding carboxylic acids is 1. The summed E-state index contributed by atoms with van der Waals surface area (Å²) < 4.78 is 7.88. The zero-order valence-corrected chi connectivity index (χ0v) is 19.6. The Kier molecular flexibility index (Phi) is 6.90. The van der Waals surface area contributed by atoms with Crippen LogP contribution in [0.25, 0.3) is 5.82 Å². The van der Waals surface area contributed by atoms with E-state index in [2.05, 4.69) is 37.9 Å². The monoisotopic (exact) mass is 495 g/mol. The van der Waals surface area contributed by atoms with Gasteiger partial charge in [0.1, 0.15) is 12.1 Å². The number of halogens is 1. The summed E-state index contributed by atoms with van der Waals surface area (Å²) in [6.07, 6.45) is 12.4. The second kappa shape index (κ2) is 9.99. The summed E-state index contributed by atoms with van der Waals surface area (Å²) in [6, 6.07) is 5.65. The number of carbonyl (C=O) groups is 1. The molecule has 3 aromatic rings. The maximum atomic E-state index is 12.8. The van der Waals surface area contributed by atoms with E-state index in [4.69, 9.17) is 4.42 Å². The van der Waals surface area contributed by atoms with Crippen molar-refractivity contribution in [2.75, 3.05) is 13.1 Å². The third-order valence-electron chi connectivity index (χ3n) is 5.70. The smallest absolute Gasteiger partial charge is 0.257 e. The molecule has 1 N–H and O–H groups in total. The van der Waals surface area contributed by atoms with Crippen LogP contribution < -0.4 is 5.32 Å². The summed E-state index contributed by atoms with van der Waals surface area (Å²) >= 11 is 3.54. The topological polar surface area (TPSA) is 76.2 Å². The van der Waals surface area contributed by atoms with Gasteiger partial charge in [0.2, 0.25) is 0 Å². The molecule has 0 aromatic carbocycles. The first-order valence-electron chi connectivity index (χ1n) is 10.6. The lowest BCUT2D eigenvalue weighted by molar-refractivity contribution is 0.0692. The van der Waals surface area contributed by atoms with Crippen molar-refractivity contribution < 1.29 is 9.21 Å². The van der Waals surface area contributed by atoms with Crippen LogP contribution in [-0.2, 0) is 6.54 Å². The van der Waals surface area contributed by atoms with Gasteiger partial charge in [-0.05, 0) is 65.0 Å². The van der Waals surface area contributed by atoms with Crippen LogP contribution in [0.5, 0.6) is 0 Å². The van der Waals surface area contributed by atoms with Gasteiger partial charge in [-0.2, -0.15) is 5.10 Å². The summed E-state index contributed by atoms with van der Waals surface area (Å²) in [7, 11) is 0. The van der Waals surface area contributed by atoms with Crippen molar-refractivity contribution in [3.8, 4) is 0 Å². The van der Waals surface area contributed by atoms with E-state index in [1.54, 1.807) is 18.5 Å². The predicted octanol–water partition coefficient (Wildman–Crippen LogP) is 4.64. The number of hydrogen-bond donors (Lipinski definition) is 1. The molecule has 32 heavy (non-hydrogen) atoms. The molecular formula is C24H26BrN5O2. The fourth-order valence-corrected chi connectivity index (χ4v) is 4.10. The van der Waals surface area contributed by atoms with Gasteiger partial charge in [-0.3, -0.25) is 9.78 Å². The van der Waals surface area contributed by atoms with E-state index in [1.807, 2.05) is 40.9 Å². The van der Waals surface area contributed by atoms with Crippen molar-refractivity contribution in [1.82, 2.24) is 25.0 Å². The van der Waals surface area contributed by atoms with Crippen LogP contribution in [0.4, 0.5) is 0 Å². The quantitative estimate of drug-likeness (QED) is 0.483. The van der Waals surface area contributed by atoms with Crippen LogP contribution in [0, 0.1) is 12.8 Å². The first-order chi connectivity index (χ1) is 15.5. The van der Waals surface area contributed by atoms with Crippen molar-refractivity contribution >= 4 is 27.7 Å². The molecular weight excluding hydrogens is 470 g/mol. The van der Waals surface area contributed by atoms with Gasteiger partial charge in [0.25, 0.3) is 5.91 Å². The molecule has 3 aromatic heterocycles. The summed E-state index contributed by atoms with van der Waals surface area (Å²) in [6.45, 7) is 8.35. The molecule has 0 spiro atoms. The zero-order chi connectivity index (χ0) is 22.5. The van der Waals surface area contributed by atoms with E-state index >= 15 is 0 Å². The Bertz CT molecular complexity index is 1100. The number of allylic oxidation sites excluding steroid dienone is 1. The molecule has 0 bridgehead atoms. The number of piperidine rings is 1. The average Bonchev–Trinajstić information content (AvgIpc) is 3.47. The lowest BCUT2D eigenvalue weighted by Crippen LogP contribution is -2.40. The summed E-state index contributed by atoms with van der Waals surface area (Å²) in [5.74, 6) is 1.01. The van der Waals surface area contributed by atoms with E-state index in [9.17, 15) is 4.79 Å². The summed E-state index contributed by atoms with van der Waals surface area (Å²) in [4.78, 5) is 18.8. The van der Waals surface area contributed by atoms with E-state index < -0.39 is 0 Å². The maximum absolute atomic E-state index is 12.8. The Morgan fingerprint density at radius 1 is 1.41 bits per heavy atom. The molecule has 7 nitrogen and oxygen atoms in total. The molecule has 0 radical (unpaired) electrons. The van der Waals surface area contributed by atoms with Gasteiger partial charge in [0.05, 0.1) is 28.2 Å². The van der Waals surface area contributed by atoms with Gasteiger partial charge in [0.15, 0.2) is 0 Å². The Morgan fingerprint density at radius 3 is 2.97 bits per heavy atom. The summed E-state index contributed by atoms with van der Waals surface area (Å²) in [5.41, 5.74) is 3.61. The minimum atomic E-state index is 0.00186. The standard InChI is InChI=1S/C24H26BrN5O2/c1-17(20-6-4-9-29(15-20)24(31)21-7-10-32-16-21)11-23(30-18(2)22(25)14-28-30)27-13-19-5-3-8-26-12-19/h3,5,7-8,10-12,14,16,20,27H,1,4,6,9,13,15H2,2H3/b23-11-. The fourth-order valence-electron chi connectivity index (χ4n) is 3.84. The number of nitrogens with zero attached hydrogens (tertiary/aromatic N) is 4. The Balaban J connectivity index is 1.52. The molecule has 8 heteroatoms. The van der Waals surface area contributed by atoms with E-state index in [0.717, 1.165) is 46.5 Å². The molecule has 1 amide bonds. The second-order valence-electron chi connectivity index (χ2n) is 7.91. The number of nitrogens with one attached hydrogen (secondary N) is 1. The van der Waals surface area contributed by atoms with Gasteiger partial charge in [0, 0.05) is 37.9 Å². The first kappa shape index (κ1) is 22.1. The van der Waals surface area contributed by atoms with Crippen molar-refractivity contribution in [2.24, 2.45) is 5.92 Å². The second-order valence-corrected chi connectivity index (χ2v) is 8.77. The SMILES string of the molecule is C=C(/C=C(/NCc1cccnc1)n1ncc(Br)c1C)C1CCCN(C(=O)c2ccoc2)C1. The molecule has 1 saturated heterocycles.